The van der Waals surface area contributed by atoms with Crippen molar-refractivity contribution < 1.29 is 12.9 Å². The Balaban J connectivity index is 1.45. The van der Waals surface area contributed by atoms with Gasteiger partial charge in [-0.15, -0.1) is 11.3 Å². The summed E-state index contributed by atoms with van der Waals surface area (Å²) in [5.74, 6) is 1.08. The van der Waals surface area contributed by atoms with E-state index in [0.29, 0.717) is 47.5 Å². The Hall–Kier alpha value is -2.10. The predicted molar refractivity (Wildman–Crippen MR) is 92.6 cm³/mol. The molecule has 0 atom stereocenters. The minimum atomic E-state index is -3.39. The number of rotatable bonds is 4. The molecular weight excluding hydrogens is 360 g/mol. The van der Waals surface area contributed by atoms with E-state index in [0.717, 1.165) is 0 Å². The first-order valence-electron chi connectivity index (χ1n) is 7.93. The van der Waals surface area contributed by atoms with E-state index in [9.17, 15) is 8.42 Å². The maximum absolute atomic E-state index is 12.6. The number of pyridine rings is 1. The lowest BCUT2D eigenvalue weighted by Gasteiger charge is -2.29. The fraction of sp³-hybridized carbons (Fsp3) is 0.312. The zero-order valence-electron chi connectivity index (χ0n) is 13.3. The normalized spacial score (nSPS) is 17.0. The first-order valence-corrected chi connectivity index (χ1v) is 10.3. The van der Waals surface area contributed by atoms with Gasteiger partial charge in [-0.2, -0.15) is 9.29 Å². The van der Waals surface area contributed by atoms with E-state index in [-0.39, 0.29) is 5.92 Å². The Morgan fingerprint density at radius 2 is 2.00 bits per heavy atom. The lowest BCUT2D eigenvalue weighted by Crippen LogP contribution is -2.37. The molecule has 1 aliphatic heterocycles. The van der Waals surface area contributed by atoms with Crippen molar-refractivity contribution in [1.82, 2.24) is 19.4 Å². The Bertz CT molecular complexity index is 931. The maximum Gasteiger partial charge on any atom is 0.252 e. The molecule has 4 rings (SSSR count). The number of thiophene rings is 1. The highest BCUT2D eigenvalue weighted by Gasteiger charge is 2.32. The molecule has 0 aliphatic carbocycles. The van der Waals surface area contributed by atoms with Gasteiger partial charge in [-0.1, -0.05) is 17.3 Å². The predicted octanol–water partition coefficient (Wildman–Crippen LogP) is 2.76. The molecule has 0 radical (unpaired) electrons. The average Bonchev–Trinajstić information content (AvgIpc) is 3.35. The number of hydrogen-bond donors (Lipinski definition) is 0. The molecule has 1 saturated heterocycles. The van der Waals surface area contributed by atoms with Gasteiger partial charge >= 0.3 is 0 Å². The van der Waals surface area contributed by atoms with Gasteiger partial charge in [0.2, 0.25) is 11.7 Å². The van der Waals surface area contributed by atoms with E-state index in [2.05, 4.69) is 15.1 Å². The molecule has 0 spiro atoms. The molecule has 9 heteroatoms. The lowest BCUT2D eigenvalue weighted by atomic mass is 9.98. The standard InChI is InChI=1S/C16H16N4O3S2/c21-25(22,14-5-3-11-24-14)20-9-6-12(7-10-20)16-18-15(19-23-16)13-4-1-2-8-17-13/h1-5,8,11-12H,6-7,9-10H2. The van der Waals surface area contributed by atoms with Gasteiger partial charge in [0.05, 0.1) is 0 Å². The van der Waals surface area contributed by atoms with Gasteiger partial charge in [-0.05, 0) is 36.4 Å². The van der Waals surface area contributed by atoms with Crippen LogP contribution >= 0.6 is 11.3 Å². The molecule has 0 unspecified atom stereocenters. The third-order valence-corrected chi connectivity index (χ3v) is 7.50. The topological polar surface area (TPSA) is 89.2 Å². The van der Waals surface area contributed by atoms with Crippen LogP contribution in [0.3, 0.4) is 0 Å². The van der Waals surface area contributed by atoms with Crippen molar-refractivity contribution in [3.8, 4) is 11.5 Å². The average molecular weight is 376 g/mol. The van der Waals surface area contributed by atoms with E-state index in [4.69, 9.17) is 4.52 Å². The smallest absolute Gasteiger partial charge is 0.252 e. The van der Waals surface area contributed by atoms with Crippen molar-refractivity contribution in [2.75, 3.05) is 13.1 Å². The second-order valence-corrected chi connectivity index (χ2v) is 8.89. The number of piperidine rings is 1. The molecule has 3 aromatic rings. The molecule has 3 aromatic heterocycles. The highest BCUT2D eigenvalue weighted by atomic mass is 32.2. The summed E-state index contributed by atoms with van der Waals surface area (Å²) in [5.41, 5.74) is 0.662. The van der Waals surface area contributed by atoms with Crippen molar-refractivity contribution in [3.05, 3.63) is 47.8 Å². The van der Waals surface area contributed by atoms with Crippen LogP contribution in [0.25, 0.3) is 11.5 Å². The van der Waals surface area contributed by atoms with Gasteiger partial charge in [0.15, 0.2) is 0 Å². The van der Waals surface area contributed by atoms with E-state index in [1.807, 2.05) is 18.2 Å². The Kier molecular flexibility index (Phi) is 4.36. The highest BCUT2D eigenvalue weighted by Crippen LogP contribution is 2.31. The van der Waals surface area contributed by atoms with Gasteiger partial charge in [0.25, 0.3) is 10.0 Å². The summed E-state index contributed by atoms with van der Waals surface area (Å²) in [5, 5.41) is 5.77. The van der Waals surface area contributed by atoms with E-state index in [1.165, 1.54) is 15.6 Å². The molecule has 0 saturated carbocycles. The molecular formula is C16H16N4O3S2. The maximum atomic E-state index is 12.6. The molecule has 130 valence electrons. The first kappa shape index (κ1) is 16.4. The number of aromatic nitrogens is 3. The van der Waals surface area contributed by atoms with Crippen LogP contribution in [0.5, 0.6) is 0 Å². The Labute approximate surface area is 149 Å². The SMILES string of the molecule is O=S(=O)(c1cccs1)N1CCC(c2nc(-c3ccccn3)no2)CC1. The third-order valence-electron chi connectivity index (χ3n) is 4.23. The highest BCUT2D eigenvalue weighted by molar-refractivity contribution is 7.91. The minimum absolute atomic E-state index is 0.0692. The van der Waals surface area contributed by atoms with Crippen LogP contribution in [-0.2, 0) is 10.0 Å². The fourth-order valence-electron chi connectivity index (χ4n) is 2.88. The number of sulfonamides is 1. The van der Waals surface area contributed by atoms with Crippen molar-refractivity contribution in [2.24, 2.45) is 0 Å². The van der Waals surface area contributed by atoms with E-state index >= 15 is 0 Å². The molecule has 0 N–H and O–H groups in total. The van der Waals surface area contributed by atoms with Crippen molar-refractivity contribution in [2.45, 2.75) is 23.0 Å². The molecule has 0 aromatic carbocycles. The van der Waals surface area contributed by atoms with Crippen LogP contribution in [0.15, 0.2) is 50.6 Å². The van der Waals surface area contributed by atoms with Crippen LogP contribution < -0.4 is 0 Å². The van der Waals surface area contributed by atoms with Crippen LogP contribution in [0.1, 0.15) is 24.7 Å². The quantitative estimate of drug-likeness (QED) is 0.695. The van der Waals surface area contributed by atoms with Gasteiger partial charge < -0.3 is 4.52 Å². The van der Waals surface area contributed by atoms with Gasteiger partial charge in [0, 0.05) is 25.2 Å². The van der Waals surface area contributed by atoms with Gasteiger partial charge in [-0.25, -0.2) is 8.42 Å². The van der Waals surface area contributed by atoms with Gasteiger partial charge in [-0.3, -0.25) is 4.98 Å². The molecule has 0 amide bonds. The Morgan fingerprint density at radius 3 is 2.68 bits per heavy atom. The second kappa shape index (κ2) is 6.66. The monoisotopic (exact) mass is 376 g/mol. The zero-order valence-corrected chi connectivity index (χ0v) is 14.9. The summed E-state index contributed by atoms with van der Waals surface area (Å²) in [6.45, 7) is 0.901. The van der Waals surface area contributed by atoms with E-state index in [1.54, 1.807) is 23.7 Å². The summed E-state index contributed by atoms with van der Waals surface area (Å²) in [4.78, 5) is 8.64. The van der Waals surface area contributed by atoms with Crippen molar-refractivity contribution in [3.63, 3.8) is 0 Å². The number of nitrogens with zero attached hydrogens (tertiary/aromatic N) is 4. The molecule has 1 aliphatic rings. The summed E-state index contributed by atoms with van der Waals surface area (Å²) in [7, 11) is -3.39. The van der Waals surface area contributed by atoms with Gasteiger partial charge in [0.1, 0.15) is 9.90 Å². The summed E-state index contributed by atoms with van der Waals surface area (Å²) < 4.78 is 32.4. The first-order chi connectivity index (χ1) is 12.1. The van der Waals surface area contributed by atoms with Crippen LogP contribution in [0, 0.1) is 0 Å². The largest absolute Gasteiger partial charge is 0.339 e. The Morgan fingerprint density at radius 1 is 1.16 bits per heavy atom. The van der Waals surface area contributed by atoms with Crippen LogP contribution in [-0.4, -0.2) is 40.9 Å². The minimum Gasteiger partial charge on any atom is -0.339 e. The summed E-state index contributed by atoms with van der Waals surface area (Å²) >= 11 is 1.24. The second-order valence-electron chi connectivity index (χ2n) is 5.78. The molecule has 1 fully saturated rings. The van der Waals surface area contributed by atoms with Crippen molar-refractivity contribution >= 4 is 21.4 Å². The van der Waals surface area contributed by atoms with Crippen LogP contribution in [0.2, 0.25) is 0 Å². The summed E-state index contributed by atoms with van der Waals surface area (Å²) in [6, 6.07) is 8.91. The number of hydrogen-bond acceptors (Lipinski definition) is 7. The van der Waals surface area contributed by atoms with E-state index < -0.39 is 10.0 Å². The zero-order chi connectivity index (χ0) is 17.3. The third kappa shape index (κ3) is 3.22. The molecule has 4 heterocycles. The van der Waals surface area contributed by atoms with Crippen molar-refractivity contribution in [1.29, 1.82) is 0 Å². The molecule has 0 bridgehead atoms. The fourth-order valence-corrected chi connectivity index (χ4v) is 5.49. The molecule has 7 nitrogen and oxygen atoms in total. The summed E-state index contributed by atoms with van der Waals surface area (Å²) in [6.07, 6.45) is 3.00. The lowest BCUT2D eigenvalue weighted by molar-refractivity contribution is 0.271. The van der Waals surface area contributed by atoms with Crippen LogP contribution in [0.4, 0.5) is 0 Å². The molecule has 25 heavy (non-hydrogen) atoms.